The Morgan fingerprint density at radius 2 is 2.00 bits per heavy atom. The van der Waals surface area contributed by atoms with Gasteiger partial charge in [-0.25, -0.2) is 18.7 Å². The number of rotatable bonds is 4. The molecule has 1 unspecified atom stereocenters. The summed E-state index contributed by atoms with van der Waals surface area (Å²) in [5.41, 5.74) is 0. The van der Waals surface area contributed by atoms with E-state index in [2.05, 4.69) is 15.3 Å². The SMILES string of the molecule is OC(CNc1ncccn1)C(F)F. The van der Waals surface area contributed by atoms with E-state index in [0.29, 0.717) is 0 Å². The Balaban J connectivity index is 2.35. The molecule has 0 fully saturated rings. The molecule has 1 atom stereocenters. The van der Waals surface area contributed by atoms with E-state index in [1.165, 1.54) is 12.4 Å². The van der Waals surface area contributed by atoms with Crippen LogP contribution in [0.15, 0.2) is 18.5 Å². The van der Waals surface area contributed by atoms with Crippen LogP contribution in [0, 0.1) is 0 Å². The van der Waals surface area contributed by atoms with Gasteiger partial charge in [-0.2, -0.15) is 0 Å². The Kier molecular flexibility index (Phi) is 3.51. The summed E-state index contributed by atoms with van der Waals surface area (Å²) < 4.78 is 23.6. The average Bonchev–Trinajstić information content (AvgIpc) is 2.15. The molecule has 1 aromatic heterocycles. The van der Waals surface area contributed by atoms with Crippen molar-refractivity contribution in [1.29, 1.82) is 0 Å². The number of hydrogen-bond donors (Lipinski definition) is 2. The lowest BCUT2D eigenvalue weighted by Gasteiger charge is -2.09. The highest BCUT2D eigenvalue weighted by atomic mass is 19.3. The van der Waals surface area contributed by atoms with Crippen LogP contribution in [0.4, 0.5) is 14.7 Å². The molecule has 0 saturated heterocycles. The van der Waals surface area contributed by atoms with E-state index >= 15 is 0 Å². The number of halogens is 2. The Bertz CT molecular complexity index is 245. The first-order valence-corrected chi connectivity index (χ1v) is 3.67. The molecule has 1 rings (SSSR count). The van der Waals surface area contributed by atoms with Gasteiger partial charge < -0.3 is 10.4 Å². The number of aliphatic hydroxyl groups excluding tert-OH is 1. The third kappa shape index (κ3) is 3.29. The lowest BCUT2D eigenvalue weighted by molar-refractivity contribution is 0.00376. The Morgan fingerprint density at radius 1 is 1.38 bits per heavy atom. The van der Waals surface area contributed by atoms with Gasteiger partial charge in [0.1, 0.15) is 6.10 Å². The van der Waals surface area contributed by atoms with Crippen molar-refractivity contribution in [1.82, 2.24) is 9.97 Å². The molecule has 1 heterocycles. The molecule has 0 aromatic carbocycles. The minimum Gasteiger partial charge on any atom is -0.385 e. The lowest BCUT2D eigenvalue weighted by Crippen LogP contribution is -2.27. The van der Waals surface area contributed by atoms with Crippen LogP contribution in [0.3, 0.4) is 0 Å². The first kappa shape index (κ1) is 9.79. The third-order valence-corrected chi connectivity index (χ3v) is 1.33. The predicted octanol–water partition coefficient (Wildman–Crippen LogP) is 0.514. The number of hydrogen-bond acceptors (Lipinski definition) is 4. The number of aliphatic hydroxyl groups is 1. The van der Waals surface area contributed by atoms with Crippen molar-refractivity contribution in [3.8, 4) is 0 Å². The van der Waals surface area contributed by atoms with Crippen molar-refractivity contribution in [3.63, 3.8) is 0 Å². The lowest BCUT2D eigenvalue weighted by atomic mass is 10.4. The van der Waals surface area contributed by atoms with Crippen molar-refractivity contribution in [2.45, 2.75) is 12.5 Å². The topological polar surface area (TPSA) is 58.0 Å². The van der Waals surface area contributed by atoms with Crippen molar-refractivity contribution in [2.24, 2.45) is 0 Å². The molecule has 13 heavy (non-hydrogen) atoms. The molecule has 2 N–H and O–H groups in total. The largest absolute Gasteiger partial charge is 0.385 e. The Labute approximate surface area is 73.6 Å². The van der Waals surface area contributed by atoms with E-state index in [9.17, 15) is 8.78 Å². The molecule has 4 nitrogen and oxygen atoms in total. The van der Waals surface area contributed by atoms with E-state index in [0.717, 1.165) is 0 Å². The number of aromatic nitrogens is 2. The maximum absolute atomic E-state index is 11.8. The molecule has 0 saturated carbocycles. The van der Waals surface area contributed by atoms with E-state index < -0.39 is 12.5 Å². The van der Waals surface area contributed by atoms with Gasteiger partial charge in [0.25, 0.3) is 6.43 Å². The van der Waals surface area contributed by atoms with E-state index in [1.807, 2.05) is 0 Å². The van der Waals surface area contributed by atoms with E-state index in [1.54, 1.807) is 6.07 Å². The van der Waals surface area contributed by atoms with Crippen LogP contribution in [-0.2, 0) is 0 Å². The van der Waals surface area contributed by atoms with Gasteiger partial charge in [-0.3, -0.25) is 0 Å². The summed E-state index contributed by atoms with van der Waals surface area (Å²) in [6.45, 7) is -0.262. The van der Waals surface area contributed by atoms with Crippen LogP contribution in [0.25, 0.3) is 0 Å². The summed E-state index contributed by atoms with van der Waals surface area (Å²) in [5, 5.41) is 11.2. The monoisotopic (exact) mass is 189 g/mol. The molecule has 0 aliphatic rings. The molecule has 0 aliphatic heterocycles. The van der Waals surface area contributed by atoms with Crippen molar-refractivity contribution in [2.75, 3.05) is 11.9 Å². The fraction of sp³-hybridized carbons (Fsp3) is 0.429. The van der Waals surface area contributed by atoms with Gasteiger partial charge in [0.15, 0.2) is 0 Å². The minimum absolute atomic E-state index is 0.224. The maximum Gasteiger partial charge on any atom is 0.265 e. The van der Waals surface area contributed by atoms with Crippen molar-refractivity contribution >= 4 is 5.95 Å². The van der Waals surface area contributed by atoms with Gasteiger partial charge in [0.2, 0.25) is 5.95 Å². The summed E-state index contributed by atoms with van der Waals surface area (Å²) in [5.74, 6) is 0.224. The van der Waals surface area contributed by atoms with Gasteiger partial charge in [0.05, 0.1) is 0 Å². The normalized spacial score (nSPS) is 12.9. The molecule has 0 aliphatic carbocycles. The molecular formula is C7H9F2N3O. The van der Waals surface area contributed by atoms with Gasteiger partial charge >= 0.3 is 0 Å². The summed E-state index contributed by atoms with van der Waals surface area (Å²) in [4.78, 5) is 7.46. The van der Waals surface area contributed by atoms with Crippen LogP contribution in [0.2, 0.25) is 0 Å². The summed E-state index contributed by atoms with van der Waals surface area (Å²) in [6, 6.07) is 1.61. The molecule has 0 bridgehead atoms. The van der Waals surface area contributed by atoms with Gasteiger partial charge in [0, 0.05) is 18.9 Å². The molecule has 0 spiro atoms. The minimum atomic E-state index is -2.75. The van der Waals surface area contributed by atoms with Crippen molar-refractivity contribution < 1.29 is 13.9 Å². The second-order valence-electron chi connectivity index (χ2n) is 2.36. The fourth-order valence-electron chi connectivity index (χ4n) is 0.675. The number of alkyl halides is 2. The number of anilines is 1. The average molecular weight is 189 g/mol. The second kappa shape index (κ2) is 4.66. The van der Waals surface area contributed by atoms with Crippen LogP contribution in [-0.4, -0.2) is 34.1 Å². The summed E-state index contributed by atoms with van der Waals surface area (Å²) in [7, 11) is 0. The quantitative estimate of drug-likeness (QED) is 0.724. The Hall–Kier alpha value is -1.30. The molecule has 1 aromatic rings. The molecule has 0 amide bonds. The zero-order valence-corrected chi connectivity index (χ0v) is 6.69. The first-order chi connectivity index (χ1) is 6.20. The van der Waals surface area contributed by atoms with Gasteiger partial charge in [-0.05, 0) is 6.07 Å². The zero-order chi connectivity index (χ0) is 9.68. The van der Waals surface area contributed by atoms with Crippen molar-refractivity contribution in [3.05, 3.63) is 18.5 Å². The smallest absolute Gasteiger partial charge is 0.265 e. The predicted molar refractivity (Wildman–Crippen MR) is 42.5 cm³/mol. The number of nitrogens with one attached hydrogen (secondary N) is 1. The molecule has 6 heteroatoms. The highest BCUT2D eigenvalue weighted by Gasteiger charge is 2.16. The molecule has 0 radical (unpaired) electrons. The standard InChI is InChI=1S/C7H9F2N3O/c8-6(9)5(13)4-12-7-10-2-1-3-11-7/h1-3,5-6,13H,4H2,(H,10,11,12). The second-order valence-corrected chi connectivity index (χ2v) is 2.36. The van der Waals surface area contributed by atoms with E-state index in [-0.39, 0.29) is 12.5 Å². The molecule has 72 valence electrons. The van der Waals surface area contributed by atoms with Crippen LogP contribution < -0.4 is 5.32 Å². The molecular weight excluding hydrogens is 180 g/mol. The first-order valence-electron chi connectivity index (χ1n) is 3.67. The fourth-order valence-corrected chi connectivity index (χ4v) is 0.675. The highest BCUT2D eigenvalue weighted by molar-refractivity contribution is 5.22. The highest BCUT2D eigenvalue weighted by Crippen LogP contribution is 2.01. The Morgan fingerprint density at radius 3 is 2.54 bits per heavy atom. The number of nitrogens with zero attached hydrogens (tertiary/aromatic N) is 2. The van der Waals surface area contributed by atoms with E-state index in [4.69, 9.17) is 5.11 Å². The third-order valence-electron chi connectivity index (χ3n) is 1.33. The summed E-state index contributed by atoms with van der Waals surface area (Å²) >= 11 is 0. The zero-order valence-electron chi connectivity index (χ0n) is 6.69. The maximum atomic E-state index is 11.8. The van der Waals surface area contributed by atoms with Crippen LogP contribution >= 0.6 is 0 Å². The van der Waals surface area contributed by atoms with Gasteiger partial charge in [-0.1, -0.05) is 0 Å². The van der Waals surface area contributed by atoms with Gasteiger partial charge in [-0.15, -0.1) is 0 Å². The van der Waals surface area contributed by atoms with Crippen LogP contribution in [0.5, 0.6) is 0 Å². The summed E-state index contributed by atoms with van der Waals surface area (Å²) in [6.07, 6.45) is -1.49. The van der Waals surface area contributed by atoms with Crippen LogP contribution in [0.1, 0.15) is 0 Å².